The molecule has 0 N–H and O–H groups in total. The smallest absolute Gasteiger partial charge is 0.0219 e. The van der Waals surface area contributed by atoms with Gasteiger partial charge in [-0.25, -0.2) is 0 Å². The summed E-state index contributed by atoms with van der Waals surface area (Å²) >= 11 is 0. The van der Waals surface area contributed by atoms with Crippen molar-refractivity contribution in [3.8, 4) is 0 Å². The zero-order valence-electron chi connectivity index (χ0n) is 11.4. The third-order valence-corrected chi connectivity index (χ3v) is 1.47. The normalized spacial score (nSPS) is 5.52. The van der Waals surface area contributed by atoms with Crippen LogP contribution in [0.2, 0.25) is 0 Å². The Morgan fingerprint density at radius 1 is 0.565 bits per heavy atom. The summed E-state index contributed by atoms with van der Waals surface area (Å²) in [6.45, 7) is 12.9. The fraction of sp³-hybridized carbons (Fsp3) is 0.739. The molecule has 1 aromatic rings. The number of benzene rings is 1. The van der Waals surface area contributed by atoms with Gasteiger partial charge >= 0.3 is 0 Å². The van der Waals surface area contributed by atoms with Crippen LogP contribution < -0.4 is 0 Å². The van der Waals surface area contributed by atoms with E-state index in [1.165, 1.54) is 18.4 Å². The van der Waals surface area contributed by atoms with Gasteiger partial charge in [0.2, 0.25) is 0 Å². The average molecular weight is 337 g/mol. The van der Waals surface area contributed by atoms with Crippen LogP contribution in [0.25, 0.3) is 0 Å². The summed E-state index contributed by atoms with van der Waals surface area (Å²) in [4.78, 5) is 0. The summed E-state index contributed by atoms with van der Waals surface area (Å²) in [5, 5.41) is 0. The lowest BCUT2D eigenvalue weighted by molar-refractivity contribution is 0.867. The van der Waals surface area contributed by atoms with Gasteiger partial charge in [-0.2, -0.15) is 0 Å². The Bertz CT molecular complexity index is 184. The van der Waals surface area contributed by atoms with Crippen LogP contribution in [0.4, 0.5) is 0 Å². The molecule has 23 heavy (non-hydrogen) atoms. The van der Waals surface area contributed by atoms with Gasteiger partial charge in [-0.1, -0.05) is 144 Å². The predicted molar refractivity (Wildman–Crippen MR) is 126 cm³/mol. The Kier molecular flexibility index (Phi) is 169. The molecule has 0 aliphatic rings. The van der Waals surface area contributed by atoms with Crippen molar-refractivity contribution in [2.75, 3.05) is 0 Å². The molecule has 0 bridgehead atoms. The maximum absolute atomic E-state index is 2.20. The summed E-state index contributed by atoms with van der Waals surface area (Å²) in [5.74, 6) is 0.659. The van der Waals surface area contributed by atoms with E-state index in [0.717, 1.165) is 0 Å². The molecule has 1 aromatic carbocycles. The Labute approximate surface area is 156 Å². The zero-order chi connectivity index (χ0) is 12.1. The molecule has 0 unspecified atom stereocenters. The minimum Gasteiger partial charge on any atom is -0.0776 e. The van der Waals surface area contributed by atoms with Gasteiger partial charge in [-0.05, 0) is 11.5 Å². The Morgan fingerprint density at radius 2 is 0.783 bits per heavy atom. The Hall–Kier alpha value is -0.780. The van der Waals surface area contributed by atoms with Gasteiger partial charge in [0.25, 0.3) is 0 Å². The first-order valence-electron chi connectivity index (χ1n) is 6.18. The summed E-state index contributed by atoms with van der Waals surface area (Å²) < 4.78 is 0. The molecular formula is C23H60. The van der Waals surface area contributed by atoms with E-state index in [1.54, 1.807) is 0 Å². The molecule has 0 fully saturated rings. The van der Waals surface area contributed by atoms with Gasteiger partial charge in [0.05, 0.1) is 0 Å². The van der Waals surface area contributed by atoms with E-state index < -0.39 is 0 Å². The van der Waals surface area contributed by atoms with E-state index >= 15 is 0 Å². The molecule has 0 amide bonds. The quantitative estimate of drug-likeness (QED) is 0.478. The average Bonchev–Trinajstić information content (AvgIpc) is 2.21. The van der Waals surface area contributed by atoms with E-state index in [4.69, 9.17) is 0 Å². The van der Waals surface area contributed by atoms with Gasteiger partial charge < -0.3 is 0 Å². The van der Waals surface area contributed by atoms with Gasteiger partial charge in [0.15, 0.2) is 0 Å². The second-order valence-electron chi connectivity index (χ2n) is 3.98. The van der Waals surface area contributed by atoms with Crippen LogP contribution in [0.15, 0.2) is 30.3 Å². The first-order valence-corrected chi connectivity index (χ1v) is 6.18. The number of rotatable bonds is 1. The fourth-order valence-corrected chi connectivity index (χ4v) is 0.838. The summed E-state index contributed by atoms with van der Waals surface area (Å²) in [6.07, 6.45) is 2.50. The monoisotopic (exact) mass is 336 g/mol. The molecule has 0 aromatic heterocycles. The highest BCUT2D eigenvalue weighted by molar-refractivity contribution is 5.17. The van der Waals surface area contributed by atoms with Crippen molar-refractivity contribution in [2.24, 2.45) is 0 Å². The molecule has 0 spiro atoms. The lowest BCUT2D eigenvalue weighted by Crippen LogP contribution is -1.83. The van der Waals surface area contributed by atoms with Crippen LogP contribution in [0.1, 0.15) is 125 Å². The van der Waals surface area contributed by atoms with Crippen molar-refractivity contribution in [2.45, 2.75) is 120 Å². The molecular weight excluding hydrogens is 276 g/mol. The topological polar surface area (TPSA) is 0 Å². The molecule has 0 saturated heterocycles. The molecule has 0 heterocycles. The minimum absolute atomic E-state index is 0. The molecule has 0 heteroatoms. The third kappa shape index (κ3) is 62.3. The van der Waals surface area contributed by atoms with Crippen LogP contribution in [0, 0.1) is 0 Å². The van der Waals surface area contributed by atoms with Crippen LogP contribution in [0.3, 0.4) is 0 Å². The number of hydrogen-bond donors (Lipinski definition) is 0. The lowest BCUT2D eigenvalue weighted by Gasteiger charge is -2.01. The standard InChI is InChI=1S/C9H12.2C3H8.8CH4/c1-8(2)9-6-4-3-5-7-9;2*1-3-2;;;;;;;;/h3-8H,1-2H3;2*3H2,1-2H3;8*1H4. The van der Waals surface area contributed by atoms with Gasteiger partial charge in [0.1, 0.15) is 0 Å². The third-order valence-electron chi connectivity index (χ3n) is 1.47. The summed E-state index contributed by atoms with van der Waals surface area (Å²) in [6, 6.07) is 10.5. The van der Waals surface area contributed by atoms with E-state index in [-0.39, 0.29) is 59.4 Å². The van der Waals surface area contributed by atoms with Crippen LogP contribution in [-0.2, 0) is 0 Å². The Balaban J connectivity index is -0.0000000137. The largest absolute Gasteiger partial charge is 0.0776 e. The van der Waals surface area contributed by atoms with Crippen molar-refractivity contribution in [1.82, 2.24) is 0 Å². The number of hydrogen-bond acceptors (Lipinski definition) is 0. The molecule has 0 radical (unpaired) electrons. The summed E-state index contributed by atoms with van der Waals surface area (Å²) in [7, 11) is 0. The summed E-state index contributed by atoms with van der Waals surface area (Å²) in [5.41, 5.74) is 1.41. The van der Waals surface area contributed by atoms with E-state index in [9.17, 15) is 0 Å². The van der Waals surface area contributed by atoms with E-state index in [1.807, 2.05) is 6.07 Å². The predicted octanol–water partition coefficient (Wildman–Crippen LogP) is 10.7. The molecule has 1 rings (SSSR count). The second kappa shape index (κ2) is 58.1. The fourth-order valence-electron chi connectivity index (χ4n) is 0.838. The van der Waals surface area contributed by atoms with Crippen molar-refractivity contribution < 1.29 is 0 Å². The molecule has 0 aliphatic carbocycles. The first-order chi connectivity index (χ1) is 7.13. The lowest BCUT2D eigenvalue weighted by atomic mass is 10.0. The van der Waals surface area contributed by atoms with E-state index in [0.29, 0.717) is 5.92 Å². The molecule has 0 aliphatic heterocycles. The van der Waals surface area contributed by atoms with Gasteiger partial charge in [0, 0.05) is 0 Å². The van der Waals surface area contributed by atoms with Gasteiger partial charge in [-0.3, -0.25) is 0 Å². The molecule has 0 saturated carbocycles. The SMILES string of the molecule is C.C.C.C.C.C.C.C.CC(C)c1ccccc1.CCC.CCC. The molecule has 152 valence electrons. The van der Waals surface area contributed by atoms with Crippen LogP contribution in [0.5, 0.6) is 0 Å². The van der Waals surface area contributed by atoms with Crippen molar-refractivity contribution in [1.29, 1.82) is 0 Å². The zero-order valence-corrected chi connectivity index (χ0v) is 11.4. The maximum atomic E-state index is 2.20. The Morgan fingerprint density at radius 3 is 0.913 bits per heavy atom. The highest BCUT2D eigenvalue weighted by Gasteiger charge is 1.93. The van der Waals surface area contributed by atoms with Crippen molar-refractivity contribution in [3.63, 3.8) is 0 Å². The van der Waals surface area contributed by atoms with Crippen molar-refractivity contribution >= 4 is 0 Å². The highest BCUT2D eigenvalue weighted by Crippen LogP contribution is 2.11. The van der Waals surface area contributed by atoms with Gasteiger partial charge in [-0.15, -0.1) is 0 Å². The van der Waals surface area contributed by atoms with E-state index in [2.05, 4.69) is 65.8 Å². The van der Waals surface area contributed by atoms with Crippen LogP contribution in [-0.4, -0.2) is 0 Å². The molecule has 0 atom stereocenters. The molecule has 0 nitrogen and oxygen atoms in total. The highest BCUT2D eigenvalue weighted by atomic mass is 14.0. The maximum Gasteiger partial charge on any atom is -0.0219 e. The second-order valence-corrected chi connectivity index (χ2v) is 3.98. The minimum atomic E-state index is 0. The van der Waals surface area contributed by atoms with Crippen LogP contribution >= 0.6 is 0 Å². The first kappa shape index (κ1) is 67.0. The van der Waals surface area contributed by atoms with Crippen molar-refractivity contribution in [3.05, 3.63) is 35.9 Å².